The maximum atomic E-state index is 13.4. The van der Waals surface area contributed by atoms with Crippen molar-refractivity contribution in [1.29, 1.82) is 0 Å². The van der Waals surface area contributed by atoms with Crippen molar-refractivity contribution in [2.75, 3.05) is 12.5 Å². The summed E-state index contributed by atoms with van der Waals surface area (Å²) in [7, 11) is 1.62. The van der Waals surface area contributed by atoms with Gasteiger partial charge in [0.05, 0.1) is 24.6 Å². The maximum absolute atomic E-state index is 13.4. The normalized spacial score (nSPS) is 10.7. The second-order valence-electron chi connectivity index (χ2n) is 7.72. The molecule has 0 aliphatic carbocycles. The average molecular weight is 450 g/mol. The van der Waals surface area contributed by atoms with Gasteiger partial charge in [-0.05, 0) is 66.2 Å². The van der Waals surface area contributed by atoms with Crippen LogP contribution in [0.1, 0.15) is 5.56 Å². The fourth-order valence-corrected chi connectivity index (χ4v) is 3.73. The zero-order chi connectivity index (χ0) is 23.3. The van der Waals surface area contributed by atoms with E-state index in [2.05, 4.69) is 5.43 Å². The first-order valence-corrected chi connectivity index (χ1v) is 10.9. The Morgan fingerprint density at radius 3 is 2.32 bits per heavy atom. The predicted molar refractivity (Wildman–Crippen MR) is 134 cm³/mol. The standard InChI is InChI=1S/C28H23N3O3/c1-33-22-16-14-21(15-17-22)27-30-26-13-6-5-12-25(26)28(32)31(27)29-19-20-8-7-11-24(18-20)34-23-9-3-2-4-10-23/h2-18,29H,19H2,1H3. The third-order valence-corrected chi connectivity index (χ3v) is 5.44. The zero-order valence-corrected chi connectivity index (χ0v) is 18.6. The first-order chi connectivity index (χ1) is 16.7. The molecule has 0 amide bonds. The van der Waals surface area contributed by atoms with Gasteiger partial charge in [0.2, 0.25) is 0 Å². The maximum Gasteiger partial charge on any atom is 0.280 e. The molecular formula is C28H23N3O3. The van der Waals surface area contributed by atoms with E-state index in [1.165, 1.54) is 4.68 Å². The number of fused-ring (bicyclic) bond motifs is 1. The molecule has 1 N–H and O–H groups in total. The summed E-state index contributed by atoms with van der Waals surface area (Å²) in [6.45, 7) is 0.412. The van der Waals surface area contributed by atoms with Gasteiger partial charge in [-0.3, -0.25) is 4.79 Å². The van der Waals surface area contributed by atoms with E-state index >= 15 is 0 Å². The molecule has 0 bridgehead atoms. The third-order valence-electron chi connectivity index (χ3n) is 5.44. The largest absolute Gasteiger partial charge is 0.497 e. The molecule has 1 heterocycles. The zero-order valence-electron chi connectivity index (χ0n) is 18.6. The van der Waals surface area contributed by atoms with Crippen LogP contribution in [-0.2, 0) is 6.54 Å². The monoisotopic (exact) mass is 449 g/mol. The van der Waals surface area contributed by atoms with Crippen molar-refractivity contribution in [3.05, 3.63) is 119 Å². The smallest absolute Gasteiger partial charge is 0.280 e. The number of methoxy groups -OCH3 is 1. The Balaban J connectivity index is 1.48. The fraction of sp³-hybridized carbons (Fsp3) is 0.0714. The molecule has 0 saturated heterocycles. The lowest BCUT2D eigenvalue weighted by molar-refractivity contribution is 0.415. The quantitative estimate of drug-likeness (QED) is 0.350. The Morgan fingerprint density at radius 1 is 0.794 bits per heavy atom. The van der Waals surface area contributed by atoms with Gasteiger partial charge in [0.1, 0.15) is 17.2 Å². The van der Waals surface area contributed by atoms with Crippen LogP contribution in [0.15, 0.2) is 108 Å². The highest BCUT2D eigenvalue weighted by atomic mass is 16.5. The Hall–Kier alpha value is -4.58. The molecule has 4 aromatic carbocycles. The van der Waals surface area contributed by atoms with E-state index in [0.717, 1.165) is 28.4 Å². The van der Waals surface area contributed by atoms with Gasteiger partial charge in [-0.1, -0.05) is 42.5 Å². The van der Waals surface area contributed by atoms with Gasteiger partial charge in [0.15, 0.2) is 5.82 Å². The molecule has 34 heavy (non-hydrogen) atoms. The molecule has 6 nitrogen and oxygen atoms in total. The SMILES string of the molecule is COc1ccc(-c2nc3ccccc3c(=O)n2NCc2cccc(Oc3ccccc3)c2)cc1. The molecule has 0 spiro atoms. The summed E-state index contributed by atoms with van der Waals surface area (Å²) in [6.07, 6.45) is 0. The van der Waals surface area contributed by atoms with Crippen molar-refractivity contribution in [3.63, 3.8) is 0 Å². The summed E-state index contributed by atoms with van der Waals surface area (Å²) < 4.78 is 12.7. The second kappa shape index (κ2) is 9.50. The number of aromatic nitrogens is 2. The highest BCUT2D eigenvalue weighted by Gasteiger charge is 2.13. The van der Waals surface area contributed by atoms with Gasteiger partial charge in [0, 0.05) is 5.56 Å². The van der Waals surface area contributed by atoms with Crippen molar-refractivity contribution >= 4 is 10.9 Å². The van der Waals surface area contributed by atoms with E-state index in [0.29, 0.717) is 23.3 Å². The summed E-state index contributed by atoms with van der Waals surface area (Å²) in [5.74, 6) is 2.76. The van der Waals surface area contributed by atoms with Crippen LogP contribution in [0.5, 0.6) is 17.2 Å². The first-order valence-electron chi connectivity index (χ1n) is 10.9. The summed E-state index contributed by atoms with van der Waals surface area (Å²) in [6, 6.07) is 32.2. The van der Waals surface area contributed by atoms with Crippen LogP contribution >= 0.6 is 0 Å². The van der Waals surface area contributed by atoms with Crippen LogP contribution in [0.3, 0.4) is 0 Å². The van der Waals surface area contributed by atoms with Crippen molar-refractivity contribution < 1.29 is 9.47 Å². The molecule has 6 heteroatoms. The van der Waals surface area contributed by atoms with E-state index in [4.69, 9.17) is 14.5 Å². The summed E-state index contributed by atoms with van der Waals surface area (Å²) in [4.78, 5) is 18.2. The van der Waals surface area contributed by atoms with Gasteiger partial charge >= 0.3 is 0 Å². The van der Waals surface area contributed by atoms with Crippen LogP contribution in [0, 0.1) is 0 Å². The molecular weight excluding hydrogens is 426 g/mol. The Labute approximate surface area is 197 Å². The average Bonchev–Trinajstić information content (AvgIpc) is 2.89. The molecule has 0 fully saturated rings. The summed E-state index contributed by atoms with van der Waals surface area (Å²) in [5.41, 5.74) is 5.52. The molecule has 0 radical (unpaired) electrons. The number of ether oxygens (including phenoxy) is 2. The number of nitrogens with one attached hydrogen (secondary N) is 1. The minimum absolute atomic E-state index is 0.159. The second-order valence-corrected chi connectivity index (χ2v) is 7.72. The summed E-state index contributed by atoms with van der Waals surface area (Å²) in [5, 5.41) is 0.549. The van der Waals surface area contributed by atoms with Gasteiger partial charge in [-0.15, -0.1) is 0 Å². The van der Waals surface area contributed by atoms with Crippen molar-refractivity contribution in [3.8, 4) is 28.6 Å². The highest BCUT2D eigenvalue weighted by molar-refractivity contribution is 5.79. The molecule has 168 valence electrons. The lowest BCUT2D eigenvalue weighted by Gasteiger charge is -2.16. The lowest BCUT2D eigenvalue weighted by atomic mass is 10.2. The minimum Gasteiger partial charge on any atom is -0.497 e. The number of benzene rings is 4. The van der Waals surface area contributed by atoms with Crippen molar-refractivity contribution in [1.82, 2.24) is 9.66 Å². The number of para-hydroxylation sites is 2. The number of nitrogens with zero attached hydrogens (tertiary/aromatic N) is 2. The number of hydrogen-bond donors (Lipinski definition) is 1. The molecule has 0 aliphatic rings. The molecule has 1 aromatic heterocycles. The minimum atomic E-state index is -0.159. The van der Waals surface area contributed by atoms with Crippen LogP contribution in [0.25, 0.3) is 22.3 Å². The topological polar surface area (TPSA) is 65.4 Å². The molecule has 0 saturated carbocycles. The Bertz CT molecular complexity index is 1480. The first kappa shape index (κ1) is 21.3. The fourth-order valence-electron chi connectivity index (χ4n) is 3.73. The van der Waals surface area contributed by atoms with E-state index in [-0.39, 0.29) is 5.56 Å². The van der Waals surface area contributed by atoms with Gasteiger partial charge in [0.25, 0.3) is 5.56 Å². The third kappa shape index (κ3) is 4.47. The van der Waals surface area contributed by atoms with E-state index in [9.17, 15) is 4.79 Å². The number of rotatable bonds is 7. The molecule has 5 rings (SSSR count). The van der Waals surface area contributed by atoms with Crippen LogP contribution < -0.4 is 20.5 Å². The highest BCUT2D eigenvalue weighted by Crippen LogP contribution is 2.23. The number of hydrogen-bond acceptors (Lipinski definition) is 5. The van der Waals surface area contributed by atoms with Gasteiger partial charge in [-0.2, -0.15) is 0 Å². The van der Waals surface area contributed by atoms with Gasteiger partial charge in [-0.25, -0.2) is 9.66 Å². The van der Waals surface area contributed by atoms with Crippen LogP contribution in [-0.4, -0.2) is 16.8 Å². The molecule has 0 unspecified atom stereocenters. The van der Waals surface area contributed by atoms with Crippen molar-refractivity contribution in [2.24, 2.45) is 0 Å². The Kier molecular flexibility index (Phi) is 5.95. The summed E-state index contributed by atoms with van der Waals surface area (Å²) >= 11 is 0. The van der Waals surface area contributed by atoms with E-state index < -0.39 is 0 Å². The van der Waals surface area contributed by atoms with E-state index in [1.54, 1.807) is 13.2 Å². The predicted octanol–water partition coefficient (Wildman–Crippen LogP) is 5.61. The van der Waals surface area contributed by atoms with Gasteiger partial charge < -0.3 is 14.9 Å². The van der Waals surface area contributed by atoms with E-state index in [1.807, 2.05) is 97.1 Å². The van der Waals surface area contributed by atoms with Crippen molar-refractivity contribution in [2.45, 2.75) is 6.54 Å². The molecule has 0 atom stereocenters. The van der Waals surface area contributed by atoms with Crippen LogP contribution in [0.2, 0.25) is 0 Å². The lowest BCUT2D eigenvalue weighted by Crippen LogP contribution is -2.31. The molecule has 5 aromatic rings. The Morgan fingerprint density at radius 2 is 1.53 bits per heavy atom. The van der Waals surface area contributed by atoms with Crippen LogP contribution in [0.4, 0.5) is 0 Å². The molecule has 0 aliphatic heterocycles.